The second-order valence-corrected chi connectivity index (χ2v) is 4.85. The van der Waals surface area contributed by atoms with Crippen LogP contribution in [-0.2, 0) is 14.3 Å². The summed E-state index contributed by atoms with van der Waals surface area (Å²) < 4.78 is 8.89. The van der Waals surface area contributed by atoms with Crippen molar-refractivity contribution in [3.8, 4) is 0 Å². The van der Waals surface area contributed by atoms with Crippen LogP contribution in [0.5, 0.6) is 0 Å². The highest BCUT2D eigenvalue weighted by Crippen LogP contribution is 2.56. The smallest absolute Gasteiger partial charge is 0.343 e. The number of esters is 1. The van der Waals surface area contributed by atoms with E-state index in [4.69, 9.17) is 32.7 Å². The standard InChI is InChI=1S/C7H6Cl2O3/c8-7(9)4-2(12-6(7)10)1-3-5(4)11-3/h2-5H,1H2/t2-,3+,4-,5+/m0/s1. The number of ether oxygens (including phenoxy) is 2. The molecule has 0 amide bonds. The highest BCUT2D eigenvalue weighted by molar-refractivity contribution is 6.58. The first-order valence-electron chi connectivity index (χ1n) is 3.85. The van der Waals surface area contributed by atoms with Gasteiger partial charge in [0.1, 0.15) is 6.10 Å². The van der Waals surface area contributed by atoms with Crippen molar-refractivity contribution in [3.63, 3.8) is 0 Å². The Balaban J connectivity index is 1.99. The SMILES string of the molecule is O=C1O[C@H]2C[C@H]3O[C@H]3[C@H]2C1(Cl)Cl. The lowest BCUT2D eigenvalue weighted by molar-refractivity contribution is -0.142. The van der Waals surface area contributed by atoms with Gasteiger partial charge in [-0.3, -0.25) is 0 Å². The Hall–Kier alpha value is 0.01000. The molecule has 3 rings (SSSR count). The van der Waals surface area contributed by atoms with E-state index in [9.17, 15) is 4.79 Å². The minimum absolute atomic E-state index is 0.0523. The molecule has 0 aromatic carbocycles. The van der Waals surface area contributed by atoms with Gasteiger partial charge in [-0.2, -0.15) is 0 Å². The summed E-state index contributed by atoms with van der Waals surface area (Å²) in [5.74, 6) is -0.673. The van der Waals surface area contributed by atoms with Crippen molar-refractivity contribution < 1.29 is 14.3 Å². The van der Waals surface area contributed by atoms with Crippen LogP contribution < -0.4 is 0 Å². The number of carbonyl (C=O) groups excluding carboxylic acids is 1. The van der Waals surface area contributed by atoms with Crippen LogP contribution in [0, 0.1) is 5.92 Å². The topological polar surface area (TPSA) is 38.8 Å². The van der Waals surface area contributed by atoms with Crippen molar-refractivity contribution >= 4 is 29.2 Å². The van der Waals surface area contributed by atoms with E-state index < -0.39 is 10.3 Å². The average molecular weight is 209 g/mol. The Morgan fingerprint density at radius 1 is 1.42 bits per heavy atom. The third kappa shape index (κ3) is 0.703. The Kier molecular flexibility index (Phi) is 1.18. The summed E-state index contributed by atoms with van der Waals surface area (Å²) in [5, 5.41) is 0. The maximum absolute atomic E-state index is 11.1. The largest absolute Gasteiger partial charge is 0.460 e. The van der Waals surface area contributed by atoms with Crippen molar-refractivity contribution in [1.82, 2.24) is 0 Å². The molecule has 0 aromatic heterocycles. The van der Waals surface area contributed by atoms with Crippen LogP contribution in [0.1, 0.15) is 6.42 Å². The fourth-order valence-corrected chi connectivity index (χ4v) is 2.78. The van der Waals surface area contributed by atoms with Crippen molar-refractivity contribution in [3.05, 3.63) is 0 Å². The predicted molar refractivity (Wildman–Crippen MR) is 41.1 cm³/mol. The summed E-state index contributed by atoms with van der Waals surface area (Å²) in [6, 6.07) is 0. The molecule has 0 spiro atoms. The van der Waals surface area contributed by atoms with Crippen molar-refractivity contribution in [2.24, 2.45) is 5.92 Å². The number of hydrogen-bond acceptors (Lipinski definition) is 3. The van der Waals surface area contributed by atoms with E-state index in [1.807, 2.05) is 0 Å². The van der Waals surface area contributed by atoms with E-state index in [0.717, 1.165) is 6.42 Å². The molecule has 4 atom stereocenters. The lowest BCUT2D eigenvalue weighted by Crippen LogP contribution is -2.32. The Morgan fingerprint density at radius 2 is 2.17 bits per heavy atom. The van der Waals surface area contributed by atoms with E-state index in [-0.39, 0.29) is 24.2 Å². The molecule has 0 aromatic rings. The summed E-state index contributed by atoms with van der Waals surface area (Å²) in [5.41, 5.74) is 0. The van der Waals surface area contributed by atoms with Crippen molar-refractivity contribution in [2.45, 2.75) is 29.1 Å². The normalized spacial score (nSPS) is 53.0. The van der Waals surface area contributed by atoms with Gasteiger partial charge in [-0.25, -0.2) is 4.79 Å². The van der Waals surface area contributed by atoms with Crippen LogP contribution in [0.4, 0.5) is 0 Å². The molecule has 2 heterocycles. The van der Waals surface area contributed by atoms with E-state index in [1.54, 1.807) is 0 Å². The van der Waals surface area contributed by atoms with Gasteiger partial charge in [0, 0.05) is 6.42 Å². The molecule has 66 valence electrons. The van der Waals surface area contributed by atoms with Gasteiger partial charge in [-0.1, -0.05) is 23.2 Å². The van der Waals surface area contributed by atoms with Gasteiger partial charge in [-0.05, 0) is 0 Å². The Bertz CT molecular complexity index is 265. The van der Waals surface area contributed by atoms with E-state index in [1.165, 1.54) is 0 Å². The van der Waals surface area contributed by atoms with Crippen LogP contribution in [0.15, 0.2) is 0 Å². The highest BCUT2D eigenvalue weighted by Gasteiger charge is 2.70. The summed E-state index contributed by atoms with van der Waals surface area (Å²) in [6.45, 7) is 0. The molecule has 0 bridgehead atoms. The molecular formula is C7H6Cl2O3. The first-order valence-corrected chi connectivity index (χ1v) is 4.60. The first kappa shape index (κ1) is 7.42. The van der Waals surface area contributed by atoms with Gasteiger partial charge in [0.25, 0.3) is 0 Å². The number of carbonyl (C=O) groups is 1. The number of fused-ring (bicyclic) bond motifs is 3. The summed E-state index contributed by atoms with van der Waals surface area (Å²) in [4.78, 5) is 11.1. The number of alkyl halides is 2. The quantitative estimate of drug-likeness (QED) is 0.337. The second kappa shape index (κ2) is 1.91. The van der Waals surface area contributed by atoms with Gasteiger partial charge in [0.05, 0.1) is 18.1 Å². The molecule has 3 fully saturated rings. The lowest BCUT2D eigenvalue weighted by atomic mass is 10.0. The van der Waals surface area contributed by atoms with Gasteiger partial charge in [0.15, 0.2) is 0 Å². The molecule has 0 unspecified atom stereocenters. The Morgan fingerprint density at radius 3 is 2.83 bits per heavy atom. The second-order valence-electron chi connectivity index (χ2n) is 3.47. The van der Waals surface area contributed by atoms with Crippen LogP contribution in [0.3, 0.4) is 0 Å². The fraction of sp³-hybridized carbons (Fsp3) is 0.857. The minimum atomic E-state index is -1.37. The zero-order chi connectivity index (χ0) is 8.51. The maximum Gasteiger partial charge on any atom is 0.343 e. The molecule has 2 aliphatic heterocycles. The van der Waals surface area contributed by atoms with Crippen LogP contribution in [-0.4, -0.2) is 28.6 Å². The van der Waals surface area contributed by atoms with E-state index in [0.29, 0.717) is 0 Å². The molecule has 12 heavy (non-hydrogen) atoms. The van der Waals surface area contributed by atoms with Gasteiger partial charge < -0.3 is 9.47 Å². The average Bonchev–Trinajstić information content (AvgIpc) is 2.54. The molecule has 3 nitrogen and oxygen atoms in total. The summed E-state index contributed by atoms with van der Waals surface area (Å²) >= 11 is 11.7. The van der Waals surface area contributed by atoms with E-state index >= 15 is 0 Å². The summed E-state index contributed by atoms with van der Waals surface area (Å²) in [7, 11) is 0. The Labute approximate surface area is 78.9 Å². The third-order valence-electron chi connectivity index (χ3n) is 2.79. The lowest BCUT2D eigenvalue weighted by Gasteiger charge is -2.15. The zero-order valence-corrected chi connectivity index (χ0v) is 7.51. The molecule has 1 aliphatic carbocycles. The molecule has 1 saturated carbocycles. The fourth-order valence-electron chi connectivity index (χ4n) is 2.16. The van der Waals surface area contributed by atoms with E-state index in [2.05, 4.69) is 0 Å². The van der Waals surface area contributed by atoms with Gasteiger partial charge >= 0.3 is 5.97 Å². The summed E-state index contributed by atoms with van der Waals surface area (Å²) in [6.07, 6.45) is 0.917. The molecule has 2 saturated heterocycles. The minimum Gasteiger partial charge on any atom is -0.460 e. The first-order chi connectivity index (χ1) is 5.60. The number of rotatable bonds is 0. The van der Waals surface area contributed by atoms with Gasteiger partial charge in [0.2, 0.25) is 4.33 Å². The molecular weight excluding hydrogens is 203 g/mol. The zero-order valence-electron chi connectivity index (χ0n) is 6.00. The van der Waals surface area contributed by atoms with Crippen molar-refractivity contribution in [2.75, 3.05) is 0 Å². The monoisotopic (exact) mass is 208 g/mol. The molecule has 0 N–H and O–H groups in total. The number of hydrogen-bond donors (Lipinski definition) is 0. The molecule has 5 heteroatoms. The van der Waals surface area contributed by atoms with Crippen LogP contribution in [0.2, 0.25) is 0 Å². The molecule has 3 aliphatic rings. The van der Waals surface area contributed by atoms with Crippen molar-refractivity contribution in [1.29, 1.82) is 0 Å². The third-order valence-corrected chi connectivity index (χ3v) is 3.60. The highest BCUT2D eigenvalue weighted by atomic mass is 35.5. The molecule has 0 radical (unpaired) electrons. The predicted octanol–water partition coefficient (Wildman–Crippen LogP) is 0.873. The van der Waals surface area contributed by atoms with Crippen LogP contribution in [0.25, 0.3) is 0 Å². The number of halogens is 2. The number of epoxide rings is 1. The van der Waals surface area contributed by atoms with Crippen LogP contribution >= 0.6 is 23.2 Å². The van der Waals surface area contributed by atoms with Gasteiger partial charge in [-0.15, -0.1) is 0 Å². The maximum atomic E-state index is 11.1.